The summed E-state index contributed by atoms with van der Waals surface area (Å²) in [7, 11) is 0. The van der Waals surface area contributed by atoms with Gasteiger partial charge in [-0.15, -0.1) is 11.8 Å². The highest BCUT2D eigenvalue weighted by Gasteiger charge is 2.11. The third-order valence-corrected chi connectivity index (χ3v) is 4.64. The van der Waals surface area contributed by atoms with E-state index in [-0.39, 0.29) is 11.4 Å². The van der Waals surface area contributed by atoms with E-state index in [2.05, 4.69) is 15.1 Å². The molecule has 0 aliphatic heterocycles. The fraction of sp³-hybridized carbons (Fsp3) is 0.0556. The number of aromatic amines is 1. The van der Waals surface area contributed by atoms with Gasteiger partial charge in [-0.3, -0.25) is 4.79 Å². The van der Waals surface area contributed by atoms with Crippen molar-refractivity contribution in [1.82, 2.24) is 14.6 Å². The van der Waals surface area contributed by atoms with E-state index in [0.717, 1.165) is 15.1 Å². The summed E-state index contributed by atoms with van der Waals surface area (Å²) in [5.74, 6) is -0.369. The van der Waals surface area contributed by atoms with E-state index in [0.29, 0.717) is 21.9 Å². The molecule has 2 aromatic heterocycles. The third-order valence-electron chi connectivity index (χ3n) is 3.90. The number of nitrogens with one attached hydrogen (secondary N) is 1. The molecule has 0 fully saturated rings. The van der Waals surface area contributed by atoms with E-state index in [1.807, 2.05) is 30.5 Å². The van der Waals surface area contributed by atoms with Crippen molar-refractivity contribution in [1.29, 1.82) is 0 Å². The maximum absolute atomic E-state index is 13.4. The number of thioether (sulfide) groups is 1. The predicted octanol–water partition coefficient (Wildman–Crippen LogP) is 3.62. The third kappa shape index (κ3) is 2.83. The maximum Gasteiger partial charge on any atom is 0.298 e. The SMILES string of the molecule is CSc1ccc(C=Nn2cnc3c([nH]c4ccc(F)cc43)c2=O)cc1. The summed E-state index contributed by atoms with van der Waals surface area (Å²) in [6, 6.07) is 12.1. The molecule has 5 nitrogen and oxygen atoms in total. The van der Waals surface area contributed by atoms with Crippen molar-refractivity contribution in [2.75, 3.05) is 6.26 Å². The minimum absolute atomic E-state index is 0.304. The lowest BCUT2D eigenvalue weighted by Gasteiger charge is -1.99. The molecule has 25 heavy (non-hydrogen) atoms. The number of H-pyrrole nitrogens is 1. The van der Waals surface area contributed by atoms with Gasteiger partial charge in [0.1, 0.15) is 23.2 Å². The molecule has 0 saturated carbocycles. The molecule has 0 spiro atoms. The molecule has 0 bridgehead atoms. The molecule has 4 rings (SSSR count). The Morgan fingerprint density at radius 1 is 1.24 bits per heavy atom. The Hall–Kier alpha value is -2.93. The van der Waals surface area contributed by atoms with Gasteiger partial charge in [0.25, 0.3) is 5.56 Å². The Balaban J connectivity index is 1.77. The lowest BCUT2D eigenvalue weighted by Crippen LogP contribution is -2.17. The monoisotopic (exact) mass is 352 g/mol. The lowest BCUT2D eigenvalue weighted by molar-refractivity contribution is 0.630. The van der Waals surface area contributed by atoms with Crippen LogP contribution in [0.4, 0.5) is 4.39 Å². The average Bonchev–Trinajstić information content (AvgIpc) is 3.00. The van der Waals surface area contributed by atoms with Gasteiger partial charge in [-0.1, -0.05) is 12.1 Å². The number of aromatic nitrogens is 3. The Labute approximate surface area is 146 Å². The first kappa shape index (κ1) is 15.6. The lowest BCUT2D eigenvalue weighted by atomic mass is 10.2. The van der Waals surface area contributed by atoms with Gasteiger partial charge in [0.15, 0.2) is 0 Å². The highest BCUT2D eigenvalue weighted by molar-refractivity contribution is 7.98. The number of hydrogen-bond donors (Lipinski definition) is 1. The van der Waals surface area contributed by atoms with Gasteiger partial charge in [0, 0.05) is 15.8 Å². The highest BCUT2D eigenvalue weighted by atomic mass is 32.2. The molecule has 124 valence electrons. The predicted molar refractivity (Wildman–Crippen MR) is 99.0 cm³/mol. The van der Waals surface area contributed by atoms with Gasteiger partial charge in [-0.2, -0.15) is 9.78 Å². The Morgan fingerprint density at radius 3 is 2.80 bits per heavy atom. The second-order valence-corrected chi connectivity index (χ2v) is 6.33. The van der Waals surface area contributed by atoms with Crippen LogP contribution < -0.4 is 5.56 Å². The van der Waals surface area contributed by atoms with Crippen LogP contribution in [0.15, 0.2) is 63.6 Å². The molecule has 2 aromatic carbocycles. The van der Waals surface area contributed by atoms with E-state index in [1.54, 1.807) is 24.0 Å². The van der Waals surface area contributed by atoms with Crippen LogP contribution >= 0.6 is 11.8 Å². The first-order valence-corrected chi connectivity index (χ1v) is 8.75. The molecule has 0 saturated heterocycles. The van der Waals surface area contributed by atoms with Crippen LogP contribution in [0.5, 0.6) is 0 Å². The number of fused-ring (bicyclic) bond motifs is 3. The summed E-state index contributed by atoms with van der Waals surface area (Å²) in [4.78, 5) is 21.0. The highest BCUT2D eigenvalue weighted by Crippen LogP contribution is 2.22. The molecule has 1 N–H and O–H groups in total. The van der Waals surface area contributed by atoms with E-state index in [9.17, 15) is 9.18 Å². The summed E-state index contributed by atoms with van der Waals surface area (Å²) >= 11 is 1.66. The molecule has 4 aromatic rings. The number of hydrogen-bond acceptors (Lipinski definition) is 4. The molecule has 0 unspecified atom stereocenters. The number of halogens is 1. The summed E-state index contributed by atoms with van der Waals surface area (Å²) in [6.45, 7) is 0. The van der Waals surface area contributed by atoms with Gasteiger partial charge < -0.3 is 4.98 Å². The number of benzene rings is 2. The molecule has 0 amide bonds. The van der Waals surface area contributed by atoms with Crippen molar-refractivity contribution in [3.8, 4) is 0 Å². The molecular formula is C18H13FN4OS. The van der Waals surface area contributed by atoms with Crippen molar-refractivity contribution in [3.05, 3.63) is 70.5 Å². The van der Waals surface area contributed by atoms with Crippen molar-refractivity contribution in [2.24, 2.45) is 5.10 Å². The van der Waals surface area contributed by atoms with Crippen molar-refractivity contribution in [2.45, 2.75) is 4.90 Å². The van der Waals surface area contributed by atoms with E-state index < -0.39 is 0 Å². The van der Waals surface area contributed by atoms with Gasteiger partial charge in [0.05, 0.1) is 6.21 Å². The molecule has 0 radical (unpaired) electrons. The molecular weight excluding hydrogens is 339 g/mol. The minimum Gasteiger partial charge on any atom is -0.349 e. The molecule has 7 heteroatoms. The molecule has 0 aliphatic rings. The number of nitrogens with zero attached hydrogens (tertiary/aromatic N) is 3. The first-order chi connectivity index (χ1) is 12.2. The fourth-order valence-electron chi connectivity index (χ4n) is 2.62. The van der Waals surface area contributed by atoms with Crippen LogP contribution in [0.25, 0.3) is 21.9 Å². The van der Waals surface area contributed by atoms with Crippen molar-refractivity contribution >= 4 is 39.9 Å². The Morgan fingerprint density at radius 2 is 2.04 bits per heavy atom. The Kier molecular flexibility index (Phi) is 3.85. The number of rotatable bonds is 3. The zero-order valence-corrected chi connectivity index (χ0v) is 14.0. The van der Waals surface area contributed by atoms with Crippen LogP contribution in [-0.2, 0) is 0 Å². The second-order valence-electron chi connectivity index (χ2n) is 5.45. The van der Waals surface area contributed by atoms with Crippen LogP contribution in [0.2, 0.25) is 0 Å². The van der Waals surface area contributed by atoms with E-state index >= 15 is 0 Å². The normalized spacial score (nSPS) is 11.8. The fourth-order valence-corrected chi connectivity index (χ4v) is 3.03. The quantitative estimate of drug-likeness (QED) is 0.452. The molecule has 0 atom stereocenters. The van der Waals surface area contributed by atoms with Crippen molar-refractivity contribution < 1.29 is 4.39 Å². The minimum atomic E-state index is -0.369. The summed E-state index contributed by atoms with van der Waals surface area (Å²) in [5, 5.41) is 4.76. The average molecular weight is 352 g/mol. The van der Waals surface area contributed by atoms with Gasteiger partial charge in [-0.25, -0.2) is 9.37 Å². The van der Waals surface area contributed by atoms with Gasteiger partial charge in [0.2, 0.25) is 0 Å². The summed E-state index contributed by atoms with van der Waals surface area (Å²) < 4.78 is 14.6. The van der Waals surface area contributed by atoms with Crippen LogP contribution in [0.3, 0.4) is 0 Å². The van der Waals surface area contributed by atoms with E-state index in [1.165, 1.54) is 18.5 Å². The Bertz CT molecular complexity index is 1160. The smallest absolute Gasteiger partial charge is 0.298 e. The van der Waals surface area contributed by atoms with E-state index in [4.69, 9.17) is 0 Å². The molecule has 2 heterocycles. The van der Waals surface area contributed by atoms with Crippen LogP contribution in [0, 0.1) is 5.82 Å². The summed E-state index contributed by atoms with van der Waals surface area (Å²) in [6.07, 6.45) is 4.95. The molecule has 0 aliphatic carbocycles. The maximum atomic E-state index is 13.4. The van der Waals surface area contributed by atoms with Crippen LogP contribution in [-0.4, -0.2) is 27.1 Å². The second kappa shape index (κ2) is 6.18. The summed E-state index contributed by atoms with van der Waals surface area (Å²) in [5.41, 5.74) is 1.95. The largest absolute Gasteiger partial charge is 0.349 e. The van der Waals surface area contributed by atoms with Crippen molar-refractivity contribution in [3.63, 3.8) is 0 Å². The topological polar surface area (TPSA) is 63.0 Å². The zero-order chi connectivity index (χ0) is 17.4. The van der Waals surface area contributed by atoms with Gasteiger partial charge >= 0.3 is 0 Å². The van der Waals surface area contributed by atoms with Crippen LogP contribution in [0.1, 0.15) is 5.56 Å². The first-order valence-electron chi connectivity index (χ1n) is 7.53. The van der Waals surface area contributed by atoms with Gasteiger partial charge in [-0.05, 0) is 42.2 Å². The standard InChI is InChI=1S/C18H13FN4OS/c1-25-13-5-2-11(3-6-13)9-21-23-10-20-16-14-8-12(19)4-7-15(14)22-17(16)18(23)24/h2-10,22H,1H3. The zero-order valence-electron chi connectivity index (χ0n) is 13.2.